The Morgan fingerprint density at radius 1 is 1.06 bits per heavy atom. The minimum Gasteiger partial charge on any atom is -0.478 e. The molecular formula is C26H22ClN3O4S. The maximum Gasteiger partial charge on any atom is 0.335 e. The fraction of sp³-hybridized carbons (Fsp3) is 0.154. The van der Waals surface area contributed by atoms with Gasteiger partial charge < -0.3 is 9.67 Å². The number of aryl methyl sites for hydroxylation is 2. The zero-order valence-electron chi connectivity index (χ0n) is 19.5. The lowest BCUT2D eigenvalue weighted by Crippen LogP contribution is -2.54. The number of carboxylic acids is 1. The molecule has 0 aliphatic carbocycles. The predicted octanol–water partition coefficient (Wildman–Crippen LogP) is 4.89. The fourth-order valence-corrected chi connectivity index (χ4v) is 4.60. The molecule has 0 spiro atoms. The van der Waals surface area contributed by atoms with E-state index in [1.165, 1.54) is 11.0 Å². The number of nitrogens with zero attached hydrogens (tertiary/aromatic N) is 2. The first-order chi connectivity index (χ1) is 16.5. The average Bonchev–Trinajstić information content (AvgIpc) is 3.07. The Balaban J connectivity index is 1.81. The standard InChI is InChI=1S/C26H22ClN3O4S/c1-13-8-9-17(25(33)34)12-22(13)29-14(2)10-18(16(29)4)11-19-23(31)28-26(35)30(24(19)32)21-7-5-6-20(27)15(21)3/h5-12H,1-4H3,(H,33,34)(H,28,31,35)/b19-11+. The summed E-state index contributed by atoms with van der Waals surface area (Å²) in [7, 11) is 0. The molecule has 0 saturated carbocycles. The number of thiocarbonyl (C=S) groups is 1. The molecule has 0 bridgehead atoms. The smallest absolute Gasteiger partial charge is 0.335 e. The van der Waals surface area contributed by atoms with Gasteiger partial charge in [-0.2, -0.15) is 0 Å². The number of aromatic carboxylic acids is 1. The molecule has 2 amide bonds. The van der Waals surface area contributed by atoms with Crippen LogP contribution in [0.4, 0.5) is 5.69 Å². The minimum absolute atomic E-state index is 0.0194. The Labute approximate surface area is 212 Å². The molecule has 178 valence electrons. The van der Waals surface area contributed by atoms with E-state index >= 15 is 0 Å². The normalized spacial score (nSPS) is 15.1. The third-order valence-electron chi connectivity index (χ3n) is 6.05. The van der Waals surface area contributed by atoms with Crippen LogP contribution in [0.2, 0.25) is 5.02 Å². The van der Waals surface area contributed by atoms with Crippen molar-refractivity contribution >= 4 is 58.5 Å². The van der Waals surface area contributed by atoms with E-state index in [0.29, 0.717) is 27.5 Å². The van der Waals surface area contributed by atoms with E-state index in [4.69, 9.17) is 23.8 Å². The molecule has 35 heavy (non-hydrogen) atoms. The van der Waals surface area contributed by atoms with E-state index < -0.39 is 17.8 Å². The summed E-state index contributed by atoms with van der Waals surface area (Å²) in [4.78, 5) is 39.0. The number of carboxylic acid groups (broad SMARTS) is 1. The van der Waals surface area contributed by atoms with Gasteiger partial charge in [0.05, 0.1) is 11.3 Å². The maximum absolute atomic E-state index is 13.5. The molecule has 0 atom stereocenters. The summed E-state index contributed by atoms with van der Waals surface area (Å²) in [5, 5.41) is 12.5. The van der Waals surface area contributed by atoms with Crippen LogP contribution in [0, 0.1) is 27.7 Å². The van der Waals surface area contributed by atoms with Crippen molar-refractivity contribution in [2.45, 2.75) is 27.7 Å². The average molecular weight is 508 g/mol. The third-order valence-corrected chi connectivity index (χ3v) is 6.74. The van der Waals surface area contributed by atoms with Gasteiger partial charge in [0.15, 0.2) is 5.11 Å². The number of carbonyl (C=O) groups excluding carboxylic acids is 2. The Hall–Kier alpha value is -3.75. The summed E-state index contributed by atoms with van der Waals surface area (Å²) < 4.78 is 1.91. The van der Waals surface area contributed by atoms with Crippen molar-refractivity contribution in [1.29, 1.82) is 0 Å². The van der Waals surface area contributed by atoms with E-state index in [-0.39, 0.29) is 16.2 Å². The molecule has 0 unspecified atom stereocenters. The van der Waals surface area contributed by atoms with Gasteiger partial charge in [-0.15, -0.1) is 0 Å². The lowest BCUT2D eigenvalue weighted by Gasteiger charge is -2.30. The zero-order valence-corrected chi connectivity index (χ0v) is 21.0. The second kappa shape index (κ2) is 9.13. The van der Waals surface area contributed by atoms with Crippen LogP contribution in [-0.2, 0) is 9.59 Å². The summed E-state index contributed by atoms with van der Waals surface area (Å²) in [5.41, 5.74) is 5.06. The van der Waals surface area contributed by atoms with Crippen molar-refractivity contribution in [2.75, 3.05) is 4.90 Å². The lowest BCUT2D eigenvalue weighted by atomic mass is 10.1. The minimum atomic E-state index is -1.02. The lowest BCUT2D eigenvalue weighted by molar-refractivity contribution is -0.122. The number of aromatic nitrogens is 1. The first-order valence-electron chi connectivity index (χ1n) is 10.7. The maximum atomic E-state index is 13.5. The Morgan fingerprint density at radius 2 is 1.77 bits per heavy atom. The number of nitrogens with one attached hydrogen (secondary N) is 1. The second-order valence-corrected chi connectivity index (χ2v) is 9.10. The van der Waals surface area contributed by atoms with Crippen LogP contribution < -0.4 is 10.2 Å². The number of benzene rings is 2. The topological polar surface area (TPSA) is 91.6 Å². The summed E-state index contributed by atoms with van der Waals surface area (Å²) in [6.07, 6.45) is 1.53. The highest BCUT2D eigenvalue weighted by Gasteiger charge is 2.35. The molecule has 4 rings (SSSR count). The number of hydrogen-bond donors (Lipinski definition) is 2. The first kappa shape index (κ1) is 24.4. The highest BCUT2D eigenvalue weighted by molar-refractivity contribution is 7.80. The Kier molecular flexibility index (Phi) is 6.36. The number of anilines is 1. The van der Waals surface area contributed by atoms with Crippen LogP contribution in [0.1, 0.15) is 38.4 Å². The van der Waals surface area contributed by atoms with Gasteiger partial charge in [-0.3, -0.25) is 19.8 Å². The van der Waals surface area contributed by atoms with Crippen LogP contribution in [0.25, 0.3) is 11.8 Å². The zero-order chi connectivity index (χ0) is 25.6. The second-order valence-electron chi connectivity index (χ2n) is 8.31. The molecule has 7 nitrogen and oxygen atoms in total. The highest BCUT2D eigenvalue weighted by atomic mass is 35.5. The van der Waals surface area contributed by atoms with Crippen LogP contribution in [0.5, 0.6) is 0 Å². The summed E-state index contributed by atoms with van der Waals surface area (Å²) >= 11 is 11.5. The largest absolute Gasteiger partial charge is 0.478 e. The molecule has 1 aromatic heterocycles. The Morgan fingerprint density at radius 3 is 2.46 bits per heavy atom. The predicted molar refractivity (Wildman–Crippen MR) is 139 cm³/mol. The molecule has 2 N–H and O–H groups in total. The van der Waals surface area contributed by atoms with Crippen molar-refractivity contribution in [3.8, 4) is 5.69 Å². The summed E-state index contributed by atoms with van der Waals surface area (Å²) in [5.74, 6) is -2.17. The number of halogens is 1. The molecule has 3 aromatic rings. The van der Waals surface area contributed by atoms with Crippen LogP contribution in [-0.4, -0.2) is 32.6 Å². The molecule has 0 radical (unpaired) electrons. The number of amides is 2. The van der Waals surface area contributed by atoms with E-state index in [9.17, 15) is 19.5 Å². The molecule has 1 fully saturated rings. The number of hydrogen-bond acceptors (Lipinski definition) is 4. The molecular weight excluding hydrogens is 486 g/mol. The van der Waals surface area contributed by atoms with Gasteiger partial charge in [-0.05, 0) is 93.0 Å². The van der Waals surface area contributed by atoms with Crippen molar-refractivity contribution in [1.82, 2.24) is 9.88 Å². The molecule has 2 heterocycles. The van der Waals surface area contributed by atoms with Crippen molar-refractivity contribution in [3.63, 3.8) is 0 Å². The van der Waals surface area contributed by atoms with Crippen LogP contribution in [0.3, 0.4) is 0 Å². The molecule has 1 aliphatic rings. The molecule has 9 heteroatoms. The number of rotatable bonds is 4. The van der Waals surface area contributed by atoms with Gasteiger partial charge in [0.25, 0.3) is 11.8 Å². The van der Waals surface area contributed by atoms with Crippen molar-refractivity contribution < 1.29 is 19.5 Å². The van der Waals surface area contributed by atoms with E-state index in [1.54, 1.807) is 43.3 Å². The van der Waals surface area contributed by atoms with Gasteiger partial charge >= 0.3 is 5.97 Å². The quantitative estimate of drug-likeness (QED) is 0.298. The monoisotopic (exact) mass is 507 g/mol. The fourth-order valence-electron chi connectivity index (χ4n) is 4.16. The SMILES string of the molecule is Cc1ccc(C(=O)O)cc1-n1c(C)cc(/C=C2\C(=O)NC(=S)N(c3cccc(Cl)c3C)C2=O)c1C. The van der Waals surface area contributed by atoms with Gasteiger partial charge in [0.2, 0.25) is 0 Å². The van der Waals surface area contributed by atoms with Gasteiger partial charge in [-0.25, -0.2) is 4.79 Å². The van der Waals surface area contributed by atoms with Gasteiger partial charge in [0.1, 0.15) is 5.57 Å². The molecule has 2 aromatic carbocycles. The van der Waals surface area contributed by atoms with Crippen molar-refractivity contribution in [2.24, 2.45) is 0 Å². The molecule has 1 saturated heterocycles. The van der Waals surface area contributed by atoms with Gasteiger partial charge in [0, 0.05) is 22.1 Å². The molecule has 1 aliphatic heterocycles. The number of carbonyl (C=O) groups is 3. The highest BCUT2D eigenvalue weighted by Crippen LogP contribution is 2.31. The van der Waals surface area contributed by atoms with Crippen LogP contribution in [0.15, 0.2) is 48.0 Å². The van der Waals surface area contributed by atoms with E-state index in [2.05, 4.69) is 5.32 Å². The Bertz CT molecular complexity index is 1470. The summed E-state index contributed by atoms with van der Waals surface area (Å²) in [6, 6.07) is 11.9. The summed E-state index contributed by atoms with van der Waals surface area (Å²) in [6.45, 7) is 7.39. The van der Waals surface area contributed by atoms with Gasteiger partial charge in [-0.1, -0.05) is 23.7 Å². The van der Waals surface area contributed by atoms with E-state index in [1.807, 2.05) is 31.4 Å². The first-order valence-corrected chi connectivity index (χ1v) is 11.5. The third kappa shape index (κ3) is 4.26. The van der Waals surface area contributed by atoms with Crippen molar-refractivity contribution in [3.05, 3.63) is 86.7 Å². The van der Waals surface area contributed by atoms with E-state index in [0.717, 1.165) is 17.0 Å². The van der Waals surface area contributed by atoms with Crippen LogP contribution >= 0.6 is 23.8 Å².